The van der Waals surface area contributed by atoms with Gasteiger partial charge in [0.15, 0.2) is 0 Å². The van der Waals surface area contributed by atoms with Crippen molar-refractivity contribution in [2.24, 2.45) is 0 Å². The van der Waals surface area contributed by atoms with E-state index in [1.54, 1.807) is 11.0 Å². The van der Waals surface area contributed by atoms with Crippen molar-refractivity contribution in [3.63, 3.8) is 0 Å². The Morgan fingerprint density at radius 2 is 2.06 bits per heavy atom. The highest BCUT2D eigenvalue weighted by molar-refractivity contribution is 8.04. The van der Waals surface area contributed by atoms with E-state index in [2.05, 4.69) is 17.1 Å². The molecule has 7 heteroatoms. The fourth-order valence-corrected chi connectivity index (χ4v) is 5.95. The van der Waals surface area contributed by atoms with Crippen molar-refractivity contribution in [3.05, 3.63) is 64.0 Å². The summed E-state index contributed by atoms with van der Waals surface area (Å²) in [5.74, 6) is -0.305. The maximum absolute atomic E-state index is 13.3. The zero-order chi connectivity index (χ0) is 23.9. The van der Waals surface area contributed by atoms with Gasteiger partial charge in [-0.3, -0.25) is 14.5 Å². The van der Waals surface area contributed by atoms with Crippen LogP contribution in [0.3, 0.4) is 0 Å². The van der Waals surface area contributed by atoms with Crippen molar-refractivity contribution in [1.29, 1.82) is 0 Å². The molecule has 2 aromatic carbocycles. The highest BCUT2D eigenvalue weighted by Crippen LogP contribution is 2.42. The highest BCUT2D eigenvalue weighted by Gasteiger charge is 2.30. The lowest BCUT2D eigenvalue weighted by molar-refractivity contribution is -0.122. The van der Waals surface area contributed by atoms with Gasteiger partial charge in [-0.2, -0.15) is 0 Å². The van der Waals surface area contributed by atoms with Gasteiger partial charge in [0.2, 0.25) is 5.91 Å². The average molecular weight is 498 g/mol. The summed E-state index contributed by atoms with van der Waals surface area (Å²) in [5, 5.41) is 3.64. The van der Waals surface area contributed by atoms with E-state index in [-0.39, 0.29) is 18.4 Å². The van der Waals surface area contributed by atoms with E-state index in [1.165, 1.54) is 37.4 Å². The van der Waals surface area contributed by atoms with Gasteiger partial charge in [-0.15, -0.1) is 0 Å². The van der Waals surface area contributed by atoms with Gasteiger partial charge in [0, 0.05) is 29.0 Å². The monoisotopic (exact) mass is 497 g/mol. The molecule has 1 fully saturated rings. The van der Waals surface area contributed by atoms with Gasteiger partial charge in [0.05, 0.1) is 10.6 Å². The number of piperidine rings is 1. The number of likely N-dealkylation sites (tertiary alicyclic amines) is 1. The van der Waals surface area contributed by atoms with Gasteiger partial charge in [-0.1, -0.05) is 61.0 Å². The smallest absolute Gasteiger partial charge is 0.265 e. The number of nitrogens with zero attached hydrogens (tertiary/aromatic N) is 2. The Balaban J connectivity index is 1.38. The summed E-state index contributed by atoms with van der Waals surface area (Å²) in [6.45, 7) is 5.05. The lowest BCUT2D eigenvalue weighted by Crippen LogP contribution is -2.44. The number of halogens is 1. The fraction of sp³-hybridized carbons (Fsp3) is 0.407. The number of carbonyl (C=O) groups excluding carboxylic acids is 2. The van der Waals surface area contributed by atoms with Crippen LogP contribution in [0.5, 0.6) is 0 Å². The van der Waals surface area contributed by atoms with E-state index < -0.39 is 0 Å². The molecule has 0 bridgehead atoms. The molecule has 34 heavy (non-hydrogen) atoms. The van der Waals surface area contributed by atoms with E-state index in [0.717, 1.165) is 35.7 Å². The molecule has 2 amide bonds. The first-order valence-corrected chi connectivity index (χ1v) is 13.3. The Bertz CT molecular complexity index is 1060. The molecule has 1 saturated heterocycles. The summed E-state index contributed by atoms with van der Waals surface area (Å²) < 4.78 is 0. The van der Waals surface area contributed by atoms with Crippen LogP contribution in [0.1, 0.15) is 44.6 Å². The molecule has 1 atom stereocenters. The Morgan fingerprint density at radius 3 is 2.88 bits per heavy atom. The number of fused-ring (bicyclic) bond motifs is 1. The van der Waals surface area contributed by atoms with E-state index in [4.69, 9.17) is 11.6 Å². The molecule has 0 saturated carbocycles. The zero-order valence-electron chi connectivity index (χ0n) is 19.6. The van der Waals surface area contributed by atoms with E-state index in [9.17, 15) is 9.59 Å². The average Bonchev–Trinajstić information content (AvgIpc) is 2.84. The van der Waals surface area contributed by atoms with Crippen LogP contribution in [0.2, 0.25) is 5.02 Å². The SMILES string of the molecule is CCC1CCCCN1CCCNC(=O)CN1C(=O)C(=Cc2cccc(Cl)c2)Sc2ccccc21. The van der Waals surface area contributed by atoms with Crippen molar-refractivity contribution in [1.82, 2.24) is 10.2 Å². The summed E-state index contributed by atoms with van der Waals surface area (Å²) in [7, 11) is 0. The Hall–Kier alpha value is -2.28. The first kappa shape index (κ1) is 24.8. The second kappa shape index (κ2) is 11.9. The summed E-state index contributed by atoms with van der Waals surface area (Å²) >= 11 is 7.54. The maximum atomic E-state index is 13.3. The molecule has 2 aliphatic heterocycles. The molecule has 2 aliphatic rings. The molecule has 5 nitrogen and oxygen atoms in total. The van der Waals surface area contributed by atoms with Crippen LogP contribution in [-0.2, 0) is 9.59 Å². The minimum absolute atomic E-state index is 0.00456. The second-order valence-corrected chi connectivity index (χ2v) is 10.3. The third kappa shape index (κ3) is 6.23. The molecule has 0 spiro atoms. The van der Waals surface area contributed by atoms with E-state index >= 15 is 0 Å². The second-order valence-electron chi connectivity index (χ2n) is 8.82. The number of hydrogen-bond donors (Lipinski definition) is 1. The summed E-state index contributed by atoms with van der Waals surface area (Å²) in [5.41, 5.74) is 1.63. The number of thioether (sulfide) groups is 1. The zero-order valence-corrected chi connectivity index (χ0v) is 21.2. The standard InChI is InChI=1S/C27H32ClN3O2S/c1-2-22-11-5-6-15-30(22)16-8-14-29-26(32)19-31-23-12-3-4-13-24(23)34-25(27(31)33)18-20-9-7-10-21(28)17-20/h3-4,7,9-10,12-13,17-18,22H,2,5-6,8,11,14-16,19H2,1H3,(H,29,32). The van der Waals surface area contributed by atoms with E-state index in [1.807, 2.05) is 48.5 Å². The lowest BCUT2D eigenvalue weighted by Gasteiger charge is -2.35. The summed E-state index contributed by atoms with van der Waals surface area (Å²) in [6.07, 6.45) is 7.81. The number of anilines is 1. The van der Waals surface area contributed by atoms with Crippen LogP contribution in [0.15, 0.2) is 58.3 Å². The van der Waals surface area contributed by atoms with Crippen LogP contribution in [0.25, 0.3) is 6.08 Å². The predicted molar refractivity (Wildman–Crippen MR) is 141 cm³/mol. The van der Waals surface area contributed by atoms with Crippen LogP contribution in [0.4, 0.5) is 5.69 Å². The third-order valence-corrected chi connectivity index (χ3v) is 7.76. The molecule has 0 aliphatic carbocycles. The number of rotatable bonds is 8. The van der Waals surface area contributed by atoms with Gasteiger partial charge >= 0.3 is 0 Å². The molecule has 2 aromatic rings. The number of hydrogen-bond acceptors (Lipinski definition) is 4. The van der Waals surface area contributed by atoms with Crippen molar-refractivity contribution in [3.8, 4) is 0 Å². The number of benzene rings is 2. The van der Waals surface area contributed by atoms with Crippen molar-refractivity contribution in [2.45, 2.75) is 50.0 Å². The molecule has 0 aromatic heterocycles. The third-order valence-electron chi connectivity index (χ3n) is 6.44. The lowest BCUT2D eigenvalue weighted by atomic mass is 10.00. The van der Waals surface area contributed by atoms with Gasteiger partial charge in [-0.25, -0.2) is 0 Å². The van der Waals surface area contributed by atoms with Crippen LogP contribution < -0.4 is 10.2 Å². The fourth-order valence-electron chi connectivity index (χ4n) is 4.69. The molecular weight excluding hydrogens is 466 g/mol. The summed E-state index contributed by atoms with van der Waals surface area (Å²) in [4.78, 5) is 31.8. The Morgan fingerprint density at radius 1 is 1.21 bits per heavy atom. The largest absolute Gasteiger partial charge is 0.355 e. The first-order valence-electron chi connectivity index (χ1n) is 12.1. The minimum Gasteiger partial charge on any atom is -0.355 e. The van der Waals surface area contributed by atoms with Crippen LogP contribution in [0, 0.1) is 0 Å². The van der Waals surface area contributed by atoms with Crippen LogP contribution >= 0.6 is 23.4 Å². The highest BCUT2D eigenvalue weighted by atomic mass is 35.5. The first-order chi connectivity index (χ1) is 16.5. The molecule has 2 heterocycles. The predicted octanol–water partition coefficient (Wildman–Crippen LogP) is 5.59. The maximum Gasteiger partial charge on any atom is 0.265 e. The molecule has 1 N–H and O–H groups in total. The van der Waals surface area contributed by atoms with E-state index in [0.29, 0.717) is 22.5 Å². The topological polar surface area (TPSA) is 52.7 Å². The molecular formula is C27H32ClN3O2S. The van der Waals surface area contributed by atoms with Crippen molar-refractivity contribution < 1.29 is 9.59 Å². The van der Waals surface area contributed by atoms with Gasteiger partial charge < -0.3 is 10.2 Å². The Kier molecular flexibility index (Phi) is 8.70. The van der Waals surface area contributed by atoms with Gasteiger partial charge in [0.25, 0.3) is 5.91 Å². The Labute approximate surface area is 211 Å². The number of amides is 2. The number of carbonyl (C=O) groups is 2. The van der Waals surface area contributed by atoms with Crippen molar-refractivity contribution in [2.75, 3.05) is 31.1 Å². The molecule has 1 unspecified atom stereocenters. The quantitative estimate of drug-likeness (QED) is 0.381. The normalized spacial score (nSPS) is 19.8. The van der Waals surface area contributed by atoms with Gasteiger partial charge in [0.1, 0.15) is 6.54 Å². The number of nitrogens with one attached hydrogen (secondary N) is 1. The molecule has 0 radical (unpaired) electrons. The molecule has 180 valence electrons. The molecule has 4 rings (SSSR count). The van der Waals surface area contributed by atoms with Crippen LogP contribution in [-0.4, -0.2) is 48.9 Å². The van der Waals surface area contributed by atoms with Crippen molar-refractivity contribution >= 4 is 46.9 Å². The minimum atomic E-state index is -0.169. The number of para-hydroxylation sites is 1. The summed E-state index contributed by atoms with van der Waals surface area (Å²) in [6, 6.07) is 15.8. The van der Waals surface area contributed by atoms with Gasteiger partial charge in [-0.05, 0) is 68.1 Å².